The Morgan fingerprint density at radius 1 is 1.36 bits per heavy atom. The van der Waals surface area contributed by atoms with E-state index < -0.39 is 0 Å². The molecule has 0 aliphatic carbocycles. The monoisotopic (exact) mass is 302 g/mol. The van der Waals surface area contributed by atoms with E-state index in [0.29, 0.717) is 24.4 Å². The summed E-state index contributed by atoms with van der Waals surface area (Å²) in [4.78, 5) is 14.2. The lowest BCUT2D eigenvalue weighted by molar-refractivity contribution is -0.131. The topological polar surface area (TPSA) is 41.6 Å². The Labute approximate surface area is 132 Å². The zero-order valence-electron chi connectivity index (χ0n) is 13.4. The Morgan fingerprint density at radius 2 is 2.27 bits per heavy atom. The number of benzene rings is 1. The summed E-state index contributed by atoms with van der Waals surface area (Å²) in [5, 5.41) is 3.51. The second kappa shape index (κ2) is 7.25. The lowest BCUT2D eigenvalue weighted by Crippen LogP contribution is -2.43. The number of nitrogens with one attached hydrogen (secondary N) is 1. The summed E-state index contributed by atoms with van der Waals surface area (Å²) < 4.78 is 5.45. The number of rotatable bonds is 6. The number of carbonyl (C=O) groups is 1. The molecule has 2 fully saturated rings. The van der Waals surface area contributed by atoms with Crippen LogP contribution in [0.2, 0.25) is 0 Å². The fourth-order valence-electron chi connectivity index (χ4n) is 3.61. The second-order valence-electron chi connectivity index (χ2n) is 6.47. The van der Waals surface area contributed by atoms with Gasteiger partial charge >= 0.3 is 0 Å². The molecule has 4 nitrogen and oxygen atoms in total. The first-order valence-corrected chi connectivity index (χ1v) is 8.39. The van der Waals surface area contributed by atoms with Gasteiger partial charge in [0.15, 0.2) is 0 Å². The molecular weight excluding hydrogens is 276 g/mol. The number of amides is 1. The van der Waals surface area contributed by atoms with Crippen LogP contribution in [0.15, 0.2) is 24.3 Å². The van der Waals surface area contributed by atoms with E-state index >= 15 is 0 Å². The van der Waals surface area contributed by atoms with Crippen LogP contribution in [0.5, 0.6) is 0 Å². The molecule has 1 aromatic carbocycles. The molecule has 0 aromatic heterocycles. The summed E-state index contributed by atoms with van der Waals surface area (Å²) >= 11 is 0. The van der Waals surface area contributed by atoms with E-state index in [1.165, 1.54) is 11.1 Å². The third kappa shape index (κ3) is 3.68. The van der Waals surface area contributed by atoms with Crippen molar-refractivity contribution in [2.24, 2.45) is 0 Å². The highest BCUT2D eigenvalue weighted by Crippen LogP contribution is 2.27. The highest BCUT2D eigenvalue weighted by Gasteiger charge is 2.37. The number of carbonyl (C=O) groups excluding carboxylic acids is 1. The number of hydrogen-bond acceptors (Lipinski definition) is 3. The van der Waals surface area contributed by atoms with E-state index in [0.717, 1.165) is 45.6 Å². The van der Waals surface area contributed by atoms with E-state index in [4.69, 9.17) is 4.74 Å². The molecule has 2 atom stereocenters. The largest absolute Gasteiger partial charge is 0.379 e. The van der Waals surface area contributed by atoms with Gasteiger partial charge in [0.25, 0.3) is 0 Å². The lowest BCUT2D eigenvalue weighted by Gasteiger charge is -2.30. The van der Waals surface area contributed by atoms with Crippen molar-refractivity contribution in [3.63, 3.8) is 0 Å². The van der Waals surface area contributed by atoms with Crippen molar-refractivity contribution in [3.05, 3.63) is 35.4 Å². The van der Waals surface area contributed by atoms with Crippen molar-refractivity contribution in [2.45, 2.75) is 51.2 Å². The zero-order valence-corrected chi connectivity index (χ0v) is 13.4. The van der Waals surface area contributed by atoms with E-state index in [1.807, 2.05) is 0 Å². The summed E-state index contributed by atoms with van der Waals surface area (Å²) in [5.74, 6) is 0.319. The summed E-state index contributed by atoms with van der Waals surface area (Å²) in [6, 6.07) is 9.30. The van der Waals surface area contributed by atoms with Crippen molar-refractivity contribution in [2.75, 3.05) is 19.8 Å². The minimum absolute atomic E-state index is 0.316. The number of likely N-dealkylation sites (tertiary alicyclic amines) is 1. The van der Waals surface area contributed by atoms with Crippen molar-refractivity contribution >= 4 is 5.91 Å². The van der Waals surface area contributed by atoms with E-state index in [1.54, 1.807) is 0 Å². The first-order valence-electron chi connectivity index (χ1n) is 8.39. The van der Waals surface area contributed by atoms with E-state index in [-0.39, 0.29) is 0 Å². The van der Waals surface area contributed by atoms with Crippen LogP contribution in [0.1, 0.15) is 36.8 Å². The number of hydrogen-bond donors (Lipinski definition) is 1. The quantitative estimate of drug-likeness (QED) is 0.820. The van der Waals surface area contributed by atoms with Crippen LogP contribution in [-0.4, -0.2) is 42.6 Å². The fraction of sp³-hybridized carbons (Fsp3) is 0.611. The molecule has 2 unspecified atom stereocenters. The molecule has 2 saturated heterocycles. The normalized spacial score (nSPS) is 25.1. The minimum Gasteiger partial charge on any atom is -0.379 e. The lowest BCUT2D eigenvalue weighted by atomic mass is 10.1. The Morgan fingerprint density at radius 3 is 3.05 bits per heavy atom. The third-order valence-corrected chi connectivity index (χ3v) is 4.74. The van der Waals surface area contributed by atoms with Gasteiger partial charge in [0, 0.05) is 25.6 Å². The molecule has 2 aliphatic heterocycles. The maximum Gasteiger partial charge on any atom is 0.223 e. The summed E-state index contributed by atoms with van der Waals surface area (Å²) in [5.41, 5.74) is 2.62. The van der Waals surface area contributed by atoms with Crippen LogP contribution in [0.25, 0.3) is 0 Å². The summed E-state index contributed by atoms with van der Waals surface area (Å²) in [7, 11) is 0. The highest BCUT2D eigenvalue weighted by atomic mass is 16.5. The Kier molecular flexibility index (Phi) is 5.11. The van der Waals surface area contributed by atoms with Crippen molar-refractivity contribution in [1.29, 1.82) is 0 Å². The fourth-order valence-corrected chi connectivity index (χ4v) is 3.61. The van der Waals surface area contributed by atoms with Gasteiger partial charge in [-0.2, -0.15) is 0 Å². The molecule has 22 heavy (non-hydrogen) atoms. The average molecular weight is 302 g/mol. The highest BCUT2D eigenvalue weighted by molar-refractivity contribution is 5.79. The molecule has 1 N–H and O–H groups in total. The van der Waals surface area contributed by atoms with Crippen molar-refractivity contribution in [3.8, 4) is 0 Å². The number of nitrogens with zero attached hydrogens (tertiary/aromatic N) is 1. The van der Waals surface area contributed by atoms with Gasteiger partial charge in [-0.3, -0.25) is 4.79 Å². The first kappa shape index (κ1) is 15.5. The SMILES string of the molecule is Cc1cccc(CNCCC2CCC(=O)N2C2CCOC2)c1. The molecule has 1 aromatic rings. The van der Waals surface area contributed by atoms with Gasteiger partial charge < -0.3 is 15.0 Å². The first-order chi connectivity index (χ1) is 10.7. The molecule has 4 heteroatoms. The van der Waals surface area contributed by atoms with Crippen LogP contribution >= 0.6 is 0 Å². The van der Waals surface area contributed by atoms with Gasteiger partial charge in [-0.15, -0.1) is 0 Å². The molecule has 3 rings (SSSR count). The van der Waals surface area contributed by atoms with Crippen molar-refractivity contribution < 1.29 is 9.53 Å². The van der Waals surface area contributed by atoms with Crippen LogP contribution in [0.4, 0.5) is 0 Å². The van der Waals surface area contributed by atoms with Gasteiger partial charge in [-0.1, -0.05) is 29.8 Å². The Hall–Kier alpha value is -1.39. The van der Waals surface area contributed by atoms with Gasteiger partial charge in [-0.25, -0.2) is 0 Å². The van der Waals surface area contributed by atoms with Gasteiger partial charge in [0.05, 0.1) is 12.6 Å². The van der Waals surface area contributed by atoms with Crippen LogP contribution < -0.4 is 5.32 Å². The summed E-state index contributed by atoms with van der Waals surface area (Å²) in [6.07, 6.45) is 3.74. The van der Waals surface area contributed by atoms with Gasteiger partial charge in [0.2, 0.25) is 5.91 Å². The molecule has 0 bridgehead atoms. The van der Waals surface area contributed by atoms with Gasteiger partial charge in [-0.05, 0) is 38.3 Å². The average Bonchev–Trinajstić information content (AvgIpc) is 3.13. The van der Waals surface area contributed by atoms with E-state index in [9.17, 15) is 4.79 Å². The second-order valence-corrected chi connectivity index (χ2v) is 6.47. The third-order valence-electron chi connectivity index (χ3n) is 4.74. The molecule has 2 aliphatic rings. The van der Waals surface area contributed by atoms with Gasteiger partial charge in [0.1, 0.15) is 0 Å². The Balaban J connectivity index is 1.45. The molecule has 2 heterocycles. The zero-order chi connectivity index (χ0) is 15.4. The Bertz CT molecular complexity index is 512. The summed E-state index contributed by atoms with van der Waals surface area (Å²) in [6.45, 7) is 5.49. The maximum atomic E-state index is 12.1. The standard InChI is InChI=1S/C18H26N2O2/c1-14-3-2-4-15(11-14)12-19-9-7-16-5-6-18(21)20(16)17-8-10-22-13-17/h2-4,11,16-17,19H,5-10,12-13H2,1H3. The minimum atomic E-state index is 0.316. The number of aryl methyl sites for hydroxylation is 1. The predicted octanol–water partition coefficient (Wildman–Crippen LogP) is 2.25. The molecule has 120 valence electrons. The maximum absolute atomic E-state index is 12.1. The molecule has 0 radical (unpaired) electrons. The number of ether oxygens (including phenoxy) is 1. The molecule has 0 saturated carbocycles. The smallest absolute Gasteiger partial charge is 0.223 e. The van der Waals surface area contributed by atoms with Crippen LogP contribution in [0, 0.1) is 6.92 Å². The van der Waals surface area contributed by atoms with Crippen molar-refractivity contribution in [1.82, 2.24) is 10.2 Å². The van der Waals surface area contributed by atoms with E-state index in [2.05, 4.69) is 41.4 Å². The van der Waals surface area contributed by atoms with Crippen LogP contribution in [-0.2, 0) is 16.1 Å². The predicted molar refractivity (Wildman–Crippen MR) is 86.6 cm³/mol. The molecule has 1 amide bonds. The van der Waals surface area contributed by atoms with Crippen LogP contribution in [0.3, 0.4) is 0 Å². The molecular formula is C18H26N2O2. The molecule has 0 spiro atoms.